The molecule has 1 unspecified atom stereocenters. The van der Waals surface area contributed by atoms with Crippen LogP contribution in [0.25, 0.3) is 0 Å². The molecule has 0 heterocycles. The SMILES string of the molecule is CC(C1CC1)N(C)Cc1ccccc1C#CCCO. The molecule has 0 saturated heterocycles. The first-order chi connectivity index (χ1) is 9.22. The molecule has 1 atom stereocenters. The van der Waals surface area contributed by atoms with E-state index in [-0.39, 0.29) is 6.61 Å². The van der Waals surface area contributed by atoms with Crippen molar-refractivity contribution >= 4 is 0 Å². The third kappa shape index (κ3) is 4.09. The van der Waals surface area contributed by atoms with Gasteiger partial charge < -0.3 is 5.11 Å². The molecule has 19 heavy (non-hydrogen) atoms. The molecule has 102 valence electrons. The number of rotatable bonds is 5. The van der Waals surface area contributed by atoms with Gasteiger partial charge in [0.25, 0.3) is 0 Å². The number of nitrogens with zero attached hydrogens (tertiary/aromatic N) is 1. The highest BCUT2D eigenvalue weighted by Gasteiger charge is 2.30. The van der Waals surface area contributed by atoms with E-state index >= 15 is 0 Å². The van der Waals surface area contributed by atoms with Gasteiger partial charge in [-0.25, -0.2) is 0 Å². The fourth-order valence-electron chi connectivity index (χ4n) is 2.34. The summed E-state index contributed by atoms with van der Waals surface area (Å²) < 4.78 is 0. The monoisotopic (exact) mass is 257 g/mol. The lowest BCUT2D eigenvalue weighted by atomic mass is 10.1. The Morgan fingerprint density at radius 1 is 1.37 bits per heavy atom. The van der Waals surface area contributed by atoms with Crippen molar-refractivity contribution in [2.75, 3.05) is 13.7 Å². The van der Waals surface area contributed by atoms with Gasteiger partial charge in [0, 0.05) is 24.6 Å². The molecule has 1 aliphatic rings. The minimum absolute atomic E-state index is 0.133. The van der Waals surface area contributed by atoms with E-state index in [1.165, 1.54) is 18.4 Å². The second-order valence-electron chi connectivity index (χ2n) is 5.43. The molecule has 1 fully saturated rings. The first kappa shape index (κ1) is 14.1. The summed E-state index contributed by atoms with van der Waals surface area (Å²) >= 11 is 0. The fourth-order valence-corrected chi connectivity index (χ4v) is 2.34. The van der Waals surface area contributed by atoms with Crippen molar-refractivity contribution in [3.8, 4) is 11.8 Å². The molecule has 1 saturated carbocycles. The Bertz CT molecular complexity index is 468. The number of aliphatic hydroxyl groups is 1. The Labute approximate surface area is 116 Å². The summed E-state index contributed by atoms with van der Waals surface area (Å²) in [4.78, 5) is 2.42. The van der Waals surface area contributed by atoms with Crippen molar-refractivity contribution in [3.05, 3.63) is 35.4 Å². The molecule has 1 aromatic carbocycles. The van der Waals surface area contributed by atoms with Crippen molar-refractivity contribution in [3.63, 3.8) is 0 Å². The van der Waals surface area contributed by atoms with Crippen molar-refractivity contribution < 1.29 is 5.11 Å². The molecule has 2 heteroatoms. The summed E-state index contributed by atoms with van der Waals surface area (Å²) in [6, 6.07) is 8.96. The van der Waals surface area contributed by atoms with Crippen LogP contribution in [0.3, 0.4) is 0 Å². The Hall–Kier alpha value is -1.30. The molecule has 0 aliphatic heterocycles. The Morgan fingerprint density at radius 2 is 2.11 bits per heavy atom. The summed E-state index contributed by atoms with van der Waals surface area (Å²) in [5, 5.41) is 8.79. The number of aliphatic hydroxyl groups excluding tert-OH is 1. The average Bonchev–Trinajstić information content (AvgIpc) is 3.24. The van der Waals surface area contributed by atoms with Crippen LogP contribution in [0.5, 0.6) is 0 Å². The van der Waals surface area contributed by atoms with Gasteiger partial charge in [-0.15, -0.1) is 0 Å². The van der Waals surface area contributed by atoms with Gasteiger partial charge in [-0.2, -0.15) is 0 Å². The van der Waals surface area contributed by atoms with E-state index in [0.717, 1.165) is 18.0 Å². The lowest BCUT2D eigenvalue weighted by Crippen LogP contribution is -2.30. The van der Waals surface area contributed by atoms with E-state index in [1.807, 2.05) is 6.07 Å². The van der Waals surface area contributed by atoms with Gasteiger partial charge in [-0.1, -0.05) is 30.0 Å². The topological polar surface area (TPSA) is 23.5 Å². The first-order valence-corrected chi connectivity index (χ1v) is 7.10. The molecule has 0 aromatic heterocycles. The van der Waals surface area contributed by atoms with E-state index in [2.05, 4.69) is 48.9 Å². The van der Waals surface area contributed by atoms with Crippen LogP contribution in [-0.2, 0) is 6.54 Å². The molecular weight excluding hydrogens is 234 g/mol. The molecule has 1 aliphatic carbocycles. The van der Waals surface area contributed by atoms with Crippen LogP contribution in [0.4, 0.5) is 0 Å². The number of hydrogen-bond donors (Lipinski definition) is 1. The van der Waals surface area contributed by atoms with E-state index < -0.39 is 0 Å². The molecule has 1 aromatic rings. The fraction of sp³-hybridized carbons (Fsp3) is 0.529. The molecule has 0 amide bonds. The number of benzene rings is 1. The summed E-state index contributed by atoms with van der Waals surface area (Å²) in [6.07, 6.45) is 3.30. The predicted molar refractivity (Wildman–Crippen MR) is 78.7 cm³/mol. The molecule has 2 nitrogen and oxygen atoms in total. The summed E-state index contributed by atoms with van der Waals surface area (Å²) in [5.41, 5.74) is 2.37. The van der Waals surface area contributed by atoms with Gasteiger partial charge in [-0.05, 0) is 44.4 Å². The second-order valence-corrected chi connectivity index (χ2v) is 5.43. The molecule has 1 N–H and O–H groups in total. The Morgan fingerprint density at radius 3 is 2.79 bits per heavy atom. The van der Waals surface area contributed by atoms with Crippen LogP contribution in [0, 0.1) is 17.8 Å². The number of hydrogen-bond acceptors (Lipinski definition) is 2. The predicted octanol–water partition coefficient (Wildman–Crippen LogP) is 2.65. The van der Waals surface area contributed by atoms with E-state index in [0.29, 0.717) is 12.5 Å². The maximum absolute atomic E-state index is 8.79. The third-order valence-electron chi connectivity index (χ3n) is 3.90. The highest BCUT2D eigenvalue weighted by atomic mass is 16.2. The lowest BCUT2D eigenvalue weighted by molar-refractivity contribution is 0.226. The van der Waals surface area contributed by atoms with Crippen LogP contribution in [-0.4, -0.2) is 29.7 Å². The molecule has 0 spiro atoms. The Balaban J connectivity index is 2.04. The van der Waals surface area contributed by atoms with Gasteiger partial charge in [0.2, 0.25) is 0 Å². The zero-order chi connectivity index (χ0) is 13.7. The summed E-state index contributed by atoms with van der Waals surface area (Å²) in [5.74, 6) is 7.06. The van der Waals surface area contributed by atoms with Crippen molar-refractivity contribution in [2.45, 2.75) is 38.8 Å². The Kier molecular flexibility index (Phi) is 5.01. The summed E-state index contributed by atoms with van der Waals surface area (Å²) in [6.45, 7) is 3.40. The van der Waals surface area contributed by atoms with Crippen molar-refractivity contribution in [2.24, 2.45) is 5.92 Å². The maximum atomic E-state index is 8.79. The smallest absolute Gasteiger partial charge is 0.0540 e. The largest absolute Gasteiger partial charge is 0.395 e. The quantitative estimate of drug-likeness (QED) is 0.820. The van der Waals surface area contributed by atoms with Gasteiger partial charge >= 0.3 is 0 Å². The highest BCUT2D eigenvalue weighted by Crippen LogP contribution is 2.35. The first-order valence-electron chi connectivity index (χ1n) is 7.10. The molecule has 0 radical (unpaired) electrons. The van der Waals surface area contributed by atoms with Gasteiger partial charge in [-0.3, -0.25) is 4.90 Å². The highest BCUT2D eigenvalue weighted by molar-refractivity contribution is 5.41. The van der Waals surface area contributed by atoms with E-state index in [1.54, 1.807) is 0 Å². The lowest BCUT2D eigenvalue weighted by Gasteiger charge is -2.25. The van der Waals surface area contributed by atoms with Crippen LogP contribution < -0.4 is 0 Å². The standard InChI is InChI=1S/C17H23NO/c1-14(15-10-11-15)18(2)13-17-9-4-3-7-16(17)8-5-6-12-19/h3-4,7,9,14-15,19H,6,10-13H2,1-2H3. The average molecular weight is 257 g/mol. The van der Waals surface area contributed by atoms with E-state index in [9.17, 15) is 0 Å². The normalized spacial score (nSPS) is 16.0. The van der Waals surface area contributed by atoms with Crippen molar-refractivity contribution in [1.82, 2.24) is 4.90 Å². The van der Waals surface area contributed by atoms with Crippen LogP contribution >= 0.6 is 0 Å². The molecule has 0 bridgehead atoms. The molecular formula is C17H23NO. The minimum atomic E-state index is 0.133. The van der Waals surface area contributed by atoms with E-state index in [4.69, 9.17) is 5.11 Å². The van der Waals surface area contributed by atoms with Gasteiger partial charge in [0.1, 0.15) is 0 Å². The third-order valence-corrected chi connectivity index (χ3v) is 3.90. The summed E-state index contributed by atoms with van der Waals surface area (Å²) in [7, 11) is 2.20. The zero-order valence-corrected chi connectivity index (χ0v) is 11.9. The van der Waals surface area contributed by atoms with Crippen LogP contribution in [0.1, 0.15) is 37.3 Å². The van der Waals surface area contributed by atoms with Crippen molar-refractivity contribution in [1.29, 1.82) is 0 Å². The maximum Gasteiger partial charge on any atom is 0.0540 e. The molecule has 2 rings (SSSR count). The zero-order valence-electron chi connectivity index (χ0n) is 11.9. The van der Waals surface area contributed by atoms with Gasteiger partial charge in [0.05, 0.1) is 6.61 Å². The van der Waals surface area contributed by atoms with Gasteiger partial charge in [0.15, 0.2) is 0 Å². The van der Waals surface area contributed by atoms with Crippen LogP contribution in [0.15, 0.2) is 24.3 Å². The minimum Gasteiger partial charge on any atom is -0.395 e. The second kappa shape index (κ2) is 6.75. The van der Waals surface area contributed by atoms with Crippen LogP contribution in [0.2, 0.25) is 0 Å².